The van der Waals surface area contributed by atoms with Crippen LogP contribution in [0.3, 0.4) is 0 Å². The highest BCUT2D eigenvalue weighted by Gasteiger charge is 2.01. The van der Waals surface area contributed by atoms with E-state index in [1.165, 1.54) is 0 Å². The smallest absolute Gasteiger partial charge is 0.0593 e. The van der Waals surface area contributed by atoms with Crippen LogP contribution in [0, 0.1) is 0 Å². The minimum absolute atomic E-state index is 0.809. The van der Waals surface area contributed by atoms with Crippen molar-refractivity contribution in [3.05, 3.63) is 23.6 Å². The van der Waals surface area contributed by atoms with Gasteiger partial charge in [0, 0.05) is 16.5 Å². The molecule has 0 aliphatic heterocycles. The number of rotatable bonds is 0. The van der Waals surface area contributed by atoms with Gasteiger partial charge in [-0.1, -0.05) is 12.1 Å². The number of nitrogen functional groups attached to an aromatic ring is 2. The first-order chi connectivity index (χ1) is 5.29. The molecule has 0 unspecified atom stereocenters. The molecule has 1 heterocycles. The molecule has 0 amide bonds. The predicted octanol–water partition coefficient (Wildman–Crippen LogP) is 2.07. The van der Waals surface area contributed by atoms with Crippen LogP contribution in [0.25, 0.3) is 10.1 Å². The number of benzene rings is 1. The Labute approximate surface area is 68.4 Å². The average molecular weight is 164 g/mol. The zero-order chi connectivity index (χ0) is 7.84. The number of thiophene rings is 1. The first-order valence-electron chi connectivity index (χ1n) is 3.30. The SMILES string of the molecule is Nc1csc2c(N)cccc12. The number of fused-ring (bicyclic) bond motifs is 1. The normalized spacial score (nSPS) is 10.5. The van der Waals surface area contributed by atoms with Crippen LogP contribution in [0.2, 0.25) is 0 Å². The van der Waals surface area contributed by atoms with Crippen LogP contribution in [-0.4, -0.2) is 0 Å². The summed E-state index contributed by atoms with van der Waals surface area (Å²) in [6.07, 6.45) is 0. The Morgan fingerprint density at radius 1 is 1.09 bits per heavy atom. The van der Waals surface area contributed by atoms with Crippen molar-refractivity contribution in [2.24, 2.45) is 0 Å². The Morgan fingerprint density at radius 3 is 2.64 bits per heavy atom. The molecular weight excluding hydrogens is 156 g/mol. The summed E-state index contributed by atoms with van der Waals surface area (Å²) in [5.74, 6) is 0. The highest BCUT2D eigenvalue weighted by Crippen LogP contribution is 2.31. The Morgan fingerprint density at radius 2 is 1.91 bits per heavy atom. The van der Waals surface area contributed by atoms with Gasteiger partial charge in [-0.05, 0) is 6.07 Å². The van der Waals surface area contributed by atoms with E-state index in [-0.39, 0.29) is 0 Å². The van der Waals surface area contributed by atoms with Crippen LogP contribution < -0.4 is 11.5 Å². The van der Waals surface area contributed by atoms with Gasteiger partial charge in [-0.2, -0.15) is 0 Å². The number of nitrogens with two attached hydrogens (primary N) is 2. The molecule has 3 heteroatoms. The molecule has 2 aromatic rings. The van der Waals surface area contributed by atoms with E-state index in [1.54, 1.807) is 11.3 Å². The number of hydrogen-bond donors (Lipinski definition) is 2. The third-order valence-corrected chi connectivity index (χ3v) is 2.72. The van der Waals surface area contributed by atoms with E-state index < -0.39 is 0 Å². The second kappa shape index (κ2) is 2.13. The molecule has 4 N–H and O–H groups in total. The molecule has 0 saturated heterocycles. The van der Waals surface area contributed by atoms with Gasteiger partial charge in [0.15, 0.2) is 0 Å². The fourth-order valence-electron chi connectivity index (χ4n) is 1.10. The van der Waals surface area contributed by atoms with Crippen LogP contribution in [0.5, 0.6) is 0 Å². The molecule has 0 aliphatic rings. The summed E-state index contributed by atoms with van der Waals surface area (Å²) in [6, 6.07) is 5.79. The van der Waals surface area contributed by atoms with Crippen molar-refractivity contribution in [2.45, 2.75) is 0 Å². The summed E-state index contributed by atoms with van der Waals surface area (Å²) < 4.78 is 1.09. The van der Waals surface area contributed by atoms with Crippen molar-refractivity contribution in [1.82, 2.24) is 0 Å². The van der Waals surface area contributed by atoms with Gasteiger partial charge in [0.05, 0.1) is 10.4 Å². The van der Waals surface area contributed by atoms with Crippen molar-refractivity contribution in [3.63, 3.8) is 0 Å². The average Bonchev–Trinajstić information content (AvgIpc) is 2.35. The molecule has 0 fully saturated rings. The maximum absolute atomic E-state index is 5.72. The Bertz CT molecular complexity index is 392. The van der Waals surface area contributed by atoms with Crippen molar-refractivity contribution in [2.75, 3.05) is 11.5 Å². The van der Waals surface area contributed by atoms with E-state index in [0.717, 1.165) is 21.5 Å². The maximum Gasteiger partial charge on any atom is 0.0593 e. The van der Waals surface area contributed by atoms with E-state index in [9.17, 15) is 0 Å². The predicted molar refractivity (Wildman–Crippen MR) is 50.6 cm³/mol. The molecule has 1 aromatic heterocycles. The molecule has 0 radical (unpaired) electrons. The second-order valence-corrected chi connectivity index (χ2v) is 3.29. The lowest BCUT2D eigenvalue weighted by Gasteiger charge is -1.93. The topological polar surface area (TPSA) is 52.0 Å². The van der Waals surface area contributed by atoms with Gasteiger partial charge in [-0.25, -0.2) is 0 Å². The fourth-order valence-corrected chi connectivity index (χ4v) is 1.99. The molecule has 11 heavy (non-hydrogen) atoms. The summed E-state index contributed by atoms with van der Waals surface area (Å²) in [6.45, 7) is 0. The van der Waals surface area contributed by atoms with Crippen LogP contribution >= 0.6 is 11.3 Å². The highest BCUT2D eigenvalue weighted by atomic mass is 32.1. The van der Waals surface area contributed by atoms with Gasteiger partial charge >= 0.3 is 0 Å². The van der Waals surface area contributed by atoms with E-state index in [2.05, 4.69) is 0 Å². The number of hydrogen-bond acceptors (Lipinski definition) is 3. The largest absolute Gasteiger partial charge is 0.398 e. The lowest BCUT2D eigenvalue weighted by molar-refractivity contribution is 1.80. The van der Waals surface area contributed by atoms with E-state index >= 15 is 0 Å². The van der Waals surface area contributed by atoms with Crippen LogP contribution in [0.15, 0.2) is 23.6 Å². The maximum atomic E-state index is 5.72. The zero-order valence-corrected chi connectivity index (χ0v) is 6.69. The monoisotopic (exact) mass is 164 g/mol. The molecule has 0 bridgehead atoms. The van der Waals surface area contributed by atoms with Crippen molar-refractivity contribution < 1.29 is 0 Å². The molecule has 2 nitrogen and oxygen atoms in total. The summed E-state index contributed by atoms with van der Waals surface area (Å²) in [5, 5.41) is 2.98. The minimum Gasteiger partial charge on any atom is -0.398 e. The molecule has 56 valence electrons. The molecule has 2 rings (SSSR count). The Kier molecular flexibility index (Phi) is 1.26. The fraction of sp³-hybridized carbons (Fsp3) is 0. The van der Waals surface area contributed by atoms with E-state index in [4.69, 9.17) is 11.5 Å². The third-order valence-electron chi connectivity index (χ3n) is 1.66. The quantitative estimate of drug-likeness (QED) is 0.585. The lowest BCUT2D eigenvalue weighted by atomic mass is 10.2. The molecule has 0 aliphatic carbocycles. The van der Waals surface area contributed by atoms with E-state index in [0.29, 0.717) is 0 Å². The first kappa shape index (κ1) is 6.49. The first-order valence-corrected chi connectivity index (χ1v) is 4.18. The summed E-state index contributed by atoms with van der Waals surface area (Å²) in [7, 11) is 0. The van der Waals surface area contributed by atoms with Crippen LogP contribution in [0.4, 0.5) is 11.4 Å². The summed E-state index contributed by atoms with van der Waals surface area (Å²) in [4.78, 5) is 0. The van der Waals surface area contributed by atoms with Crippen molar-refractivity contribution >= 4 is 32.8 Å². The summed E-state index contributed by atoms with van der Waals surface area (Å²) >= 11 is 1.59. The second-order valence-electron chi connectivity index (χ2n) is 2.41. The van der Waals surface area contributed by atoms with Gasteiger partial charge in [-0.15, -0.1) is 11.3 Å². The standard InChI is InChI=1S/C8H8N2S/c9-6-3-1-2-5-7(10)4-11-8(5)6/h1-4H,9-10H2. The Balaban J connectivity index is 2.94. The molecule has 0 spiro atoms. The lowest BCUT2D eigenvalue weighted by Crippen LogP contribution is -1.84. The van der Waals surface area contributed by atoms with Gasteiger partial charge in [0.1, 0.15) is 0 Å². The number of anilines is 2. The minimum atomic E-state index is 0.809. The van der Waals surface area contributed by atoms with Crippen molar-refractivity contribution in [3.8, 4) is 0 Å². The van der Waals surface area contributed by atoms with Gasteiger partial charge in [0.2, 0.25) is 0 Å². The van der Waals surface area contributed by atoms with E-state index in [1.807, 2.05) is 23.6 Å². The summed E-state index contributed by atoms with van der Waals surface area (Å²) in [5.41, 5.74) is 13.1. The molecule has 0 saturated carbocycles. The highest BCUT2D eigenvalue weighted by molar-refractivity contribution is 7.18. The van der Waals surface area contributed by atoms with Crippen LogP contribution in [-0.2, 0) is 0 Å². The molecule has 0 atom stereocenters. The molecular formula is C8H8N2S. The zero-order valence-electron chi connectivity index (χ0n) is 5.87. The van der Waals surface area contributed by atoms with Crippen LogP contribution in [0.1, 0.15) is 0 Å². The molecule has 1 aromatic carbocycles. The third kappa shape index (κ3) is 0.851. The van der Waals surface area contributed by atoms with Gasteiger partial charge < -0.3 is 11.5 Å². The van der Waals surface area contributed by atoms with Gasteiger partial charge in [0.25, 0.3) is 0 Å². The van der Waals surface area contributed by atoms with Crippen molar-refractivity contribution in [1.29, 1.82) is 0 Å². The van der Waals surface area contributed by atoms with Gasteiger partial charge in [-0.3, -0.25) is 0 Å². The Hall–Kier alpha value is -1.22.